The molecule has 0 bridgehead atoms. The quantitative estimate of drug-likeness (QED) is 0.323. The maximum atomic E-state index is 12.7. The predicted molar refractivity (Wildman–Crippen MR) is 112 cm³/mol. The van der Waals surface area contributed by atoms with E-state index in [2.05, 4.69) is 6.92 Å². The lowest BCUT2D eigenvalue weighted by molar-refractivity contribution is -0.150. The molecule has 1 aromatic rings. The molecule has 1 aliphatic heterocycles. The molecule has 0 unspecified atom stereocenters. The van der Waals surface area contributed by atoms with Gasteiger partial charge in [-0.2, -0.15) is 0 Å². The fraction of sp³-hybridized carbons (Fsp3) is 0.368. The third kappa shape index (κ3) is 5.70. The lowest BCUT2D eigenvalue weighted by Gasteiger charge is -2.21. The first kappa shape index (κ1) is 22.7. The lowest BCUT2D eigenvalue weighted by Crippen LogP contribution is -2.45. The molecule has 1 aromatic carbocycles. The van der Waals surface area contributed by atoms with Crippen LogP contribution in [0.25, 0.3) is 6.08 Å². The van der Waals surface area contributed by atoms with Crippen LogP contribution < -0.4 is 9.47 Å². The number of unbranched alkanes of at least 4 members (excludes halogenated alkanes) is 1. The van der Waals surface area contributed by atoms with E-state index in [0.29, 0.717) is 23.7 Å². The van der Waals surface area contributed by atoms with Gasteiger partial charge in [-0.25, -0.2) is 4.79 Å². The van der Waals surface area contributed by atoms with Gasteiger partial charge in [0.15, 0.2) is 11.5 Å². The Kier molecular flexibility index (Phi) is 8.03. The largest absolute Gasteiger partial charge is 0.493 e. The van der Waals surface area contributed by atoms with E-state index in [1.807, 2.05) is 0 Å². The molecule has 29 heavy (non-hydrogen) atoms. The molecule has 0 radical (unpaired) electrons. The Balaban J connectivity index is 2.26. The summed E-state index contributed by atoms with van der Waals surface area (Å²) in [5, 5.41) is 18.2. The number of methoxy groups -OCH3 is 1. The number of carbonyl (C=O) groups excluding carboxylic acids is 1. The van der Waals surface area contributed by atoms with Gasteiger partial charge in [0.05, 0.1) is 25.0 Å². The highest BCUT2D eigenvalue weighted by atomic mass is 32.2. The van der Waals surface area contributed by atoms with E-state index >= 15 is 0 Å². The number of amides is 1. The van der Waals surface area contributed by atoms with Crippen LogP contribution in [-0.4, -0.2) is 57.0 Å². The van der Waals surface area contributed by atoms with Crippen molar-refractivity contribution in [3.8, 4) is 11.5 Å². The Morgan fingerprint density at radius 3 is 2.62 bits per heavy atom. The number of thioether (sulfide) groups is 1. The van der Waals surface area contributed by atoms with Crippen LogP contribution in [0, 0.1) is 0 Å². The van der Waals surface area contributed by atoms with Crippen molar-refractivity contribution in [1.82, 2.24) is 4.90 Å². The van der Waals surface area contributed by atoms with Crippen LogP contribution in [0.2, 0.25) is 0 Å². The van der Waals surface area contributed by atoms with Crippen LogP contribution in [-0.2, 0) is 14.4 Å². The van der Waals surface area contributed by atoms with Crippen LogP contribution in [0.15, 0.2) is 23.1 Å². The highest BCUT2D eigenvalue weighted by Gasteiger charge is 2.41. The van der Waals surface area contributed by atoms with Gasteiger partial charge >= 0.3 is 11.9 Å². The molecule has 1 heterocycles. The number of ether oxygens (including phenoxy) is 2. The van der Waals surface area contributed by atoms with Gasteiger partial charge in [0, 0.05) is 0 Å². The molecule has 1 fully saturated rings. The number of carboxylic acids is 2. The smallest absolute Gasteiger partial charge is 0.327 e. The molecule has 1 aliphatic rings. The van der Waals surface area contributed by atoms with E-state index in [1.165, 1.54) is 7.11 Å². The van der Waals surface area contributed by atoms with Crippen LogP contribution in [0.4, 0.5) is 0 Å². The van der Waals surface area contributed by atoms with Gasteiger partial charge in [-0.3, -0.25) is 14.5 Å². The summed E-state index contributed by atoms with van der Waals surface area (Å²) in [4.78, 5) is 36.1. The fourth-order valence-electron chi connectivity index (χ4n) is 2.57. The molecule has 8 nitrogen and oxygen atoms in total. The van der Waals surface area contributed by atoms with Gasteiger partial charge in [-0.1, -0.05) is 43.4 Å². The van der Waals surface area contributed by atoms with Crippen molar-refractivity contribution in [2.24, 2.45) is 0 Å². The van der Waals surface area contributed by atoms with Crippen molar-refractivity contribution in [1.29, 1.82) is 0 Å². The fourth-order valence-corrected chi connectivity index (χ4v) is 3.93. The molecule has 0 spiro atoms. The Labute approximate surface area is 177 Å². The molecular formula is C19H21NO7S2. The second kappa shape index (κ2) is 10.3. The Bertz CT molecular complexity index is 853. The molecule has 2 N–H and O–H groups in total. The molecule has 2 rings (SSSR count). The normalized spacial score (nSPS) is 16.2. The number of nitrogens with zero attached hydrogens (tertiary/aromatic N) is 1. The second-order valence-corrected chi connectivity index (χ2v) is 7.79. The Hall–Kier alpha value is -2.59. The van der Waals surface area contributed by atoms with E-state index in [1.54, 1.807) is 24.3 Å². The summed E-state index contributed by atoms with van der Waals surface area (Å²) in [7, 11) is 1.51. The molecule has 1 saturated heterocycles. The van der Waals surface area contributed by atoms with Crippen molar-refractivity contribution in [2.75, 3.05) is 13.7 Å². The zero-order chi connectivity index (χ0) is 21.6. The highest BCUT2D eigenvalue weighted by molar-refractivity contribution is 8.26. The van der Waals surface area contributed by atoms with Crippen molar-refractivity contribution in [3.05, 3.63) is 28.7 Å². The summed E-state index contributed by atoms with van der Waals surface area (Å²) in [6.07, 6.45) is 2.72. The number of hydrogen-bond acceptors (Lipinski definition) is 7. The maximum absolute atomic E-state index is 12.7. The van der Waals surface area contributed by atoms with Gasteiger partial charge in [0.2, 0.25) is 0 Å². The Morgan fingerprint density at radius 2 is 2.03 bits per heavy atom. The summed E-state index contributed by atoms with van der Waals surface area (Å²) >= 11 is 6.04. The van der Waals surface area contributed by atoms with E-state index in [0.717, 1.165) is 29.5 Å². The average Bonchev–Trinajstić information content (AvgIpc) is 2.93. The molecule has 1 amide bonds. The molecule has 0 saturated carbocycles. The molecule has 156 valence electrons. The first-order valence-electron chi connectivity index (χ1n) is 8.81. The predicted octanol–water partition coefficient (Wildman–Crippen LogP) is 3.00. The topological polar surface area (TPSA) is 113 Å². The van der Waals surface area contributed by atoms with Gasteiger partial charge in [-0.15, -0.1) is 0 Å². The van der Waals surface area contributed by atoms with Crippen LogP contribution >= 0.6 is 24.0 Å². The van der Waals surface area contributed by atoms with E-state index < -0.39 is 30.3 Å². The number of aliphatic carboxylic acids is 2. The van der Waals surface area contributed by atoms with Crippen LogP contribution in [0.1, 0.15) is 31.7 Å². The van der Waals surface area contributed by atoms with Crippen molar-refractivity contribution in [3.63, 3.8) is 0 Å². The van der Waals surface area contributed by atoms with Gasteiger partial charge in [0.1, 0.15) is 10.4 Å². The van der Waals surface area contributed by atoms with Crippen molar-refractivity contribution >= 4 is 52.2 Å². The average molecular weight is 440 g/mol. The van der Waals surface area contributed by atoms with Crippen molar-refractivity contribution < 1.29 is 34.1 Å². The Morgan fingerprint density at radius 1 is 1.31 bits per heavy atom. The SMILES string of the molecule is CCCCOc1ccc(/C=C2/SC(=S)N([C@H](CC(=O)O)C(=O)O)C2=O)cc1OC. The lowest BCUT2D eigenvalue weighted by atomic mass is 10.1. The number of carboxylic acid groups (broad SMARTS) is 2. The second-order valence-electron chi connectivity index (χ2n) is 6.12. The molecule has 10 heteroatoms. The molecule has 1 atom stereocenters. The van der Waals surface area contributed by atoms with Gasteiger partial charge in [0.25, 0.3) is 5.91 Å². The third-order valence-corrected chi connectivity index (χ3v) is 5.36. The first-order valence-corrected chi connectivity index (χ1v) is 10.0. The summed E-state index contributed by atoms with van der Waals surface area (Å²) in [5.41, 5.74) is 0.635. The number of thiocarbonyl (C=S) groups is 1. The zero-order valence-electron chi connectivity index (χ0n) is 15.9. The standard InChI is InChI=1S/C19H21NO7S2/c1-3-4-7-27-13-6-5-11(8-14(13)26-2)9-15-17(23)20(19(28)29-15)12(18(24)25)10-16(21)22/h5-6,8-9,12H,3-4,7,10H2,1-2H3,(H,21,22)(H,24,25)/b15-9+/t12-/m1/s1. The number of carbonyl (C=O) groups is 3. The van der Waals surface area contributed by atoms with Gasteiger partial charge < -0.3 is 19.7 Å². The number of rotatable bonds is 10. The highest BCUT2D eigenvalue weighted by Crippen LogP contribution is 2.36. The van der Waals surface area contributed by atoms with E-state index in [4.69, 9.17) is 26.8 Å². The van der Waals surface area contributed by atoms with Gasteiger partial charge in [-0.05, 0) is 30.2 Å². The minimum atomic E-state index is -1.56. The van der Waals surface area contributed by atoms with Crippen LogP contribution in [0.3, 0.4) is 0 Å². The number of hydrogen-bond donors (Lipinski definition) is 2. The maximum Gasteiger partial charge on any atom is 0.327 e. The minimum absolute atomic E-state index is 0.00128. The number of benzene rings is 1. The zero-order valence-corrected chi connectivity index (χ0v) is 17.5. The molecule has 0 aromatic heterocycles. The monoisotopic (exact) mass is 439 g/mol. The molecular weight excluding hydrogens is 418 g/mol. The minimum Gasteiger partial charge on any atom is -0.493 e. The summed E-state index contributed by atoms with van der Waals surface area (Å²) in [5.74, 6) is -2.33. The van der Waals surface area contributed by atoms with Crippen LogP contribution in [0.5, 0.6) is 11.5 Å². The first-order chi connectivity index (χ1) is 13.8. The summed E-state index contributed by atoms with van der Waals surface area (Å²) in [6.45, 7) is 2.62. The summed E-state index contributed by atoms with van der Waals surface area (Å²) in [6, 6.07) is 3.60. The summed E-state index contributed by atoms with van der Waals surface area (Å²) < 4.78 is 11.0. The molecule has 0 aliphatic carbocycles. The third-order valence-electron chi connectivity index (χ3n) is 4.03. The van der Waals surface area contributed by atoms with E-state index in [9.17, 15) is 19.5 Å². The van der Waals surface area contributed by atoms with E-state index in [-0.39, 0.29) is 9.23 Å². The van der Waals surface area contributed by atoms with Crippen molar-refractivity contribution in [2.45, 2.75) is 32.2 Å².